The molecule has 14 heteroatoms. The molecule has 2 aromatic carbocycles. The van der Waals surface area contributed by atoms with Gasteiger partial charge in [0.05, 0.1) is 24.8 Å². The van der Waals surface area contributed by atoms with E-state index in [2.05, 4.69) is 20.9 Å². The zero-order chi connectivity index (χ0) is 39.7. The third-order valence-electron chi connectivity index (χ3n) is 9.83. The molecule has 0 saturated carbocycles. The Hall–Kier alpha value is -4.95. The zero-order valence-electron chi connectivity index (χ0n) is 32.0. The number of epoxide rings is 1. The number of hydrogen-bond acceptors (Lipinski definition) is 10. The lowest BCUT2D eigenvalue weighted by Crippen LogP contribution is -2.57. The predicted octanol–water partition coefficient (Wildman–Crippen LogP) is 3.47. The number of likely N-dealkylation sites (tertiary alicyclic amines) is 1. The van der Waals surface area contributed by atoms with Gasteiger partial charge in [-0.05, 0) is 56.6 Å². The third kappa shape index (κ3) is 11.5. The number of ketones is 1. The second-order valence-electron chi connectivity index (χ2n) is 15.0. The maximum atomic E-state index is 14.2. The van der Waals surface area contributed by atoms with Crippen LogP contribution in [0.4, 0.5) is 0 Å². The van der Waals surface area contributed by atoms with E-state index < -0.39 is 65.4 Å². The van der Waals surface area contributed by atoms with Crippen molar-refractivity contribution in [1.82, 2.24) is 25.8 Å². The van der Waals surface area contributed by atoms with Crippen LogP contribution in [0.25, 0.3) is 0 Å². The molecular weight excluding hydrogens is 723 g/mol. The summed E-state index contributed by atoms with van der Waals surface area (Å²) in [5.41, 5.74) is 1.35. The number of carbonyl (C=O) groups is 6. The SMILES string of the molecule is CC(=O)OCc1nc(CC(=O)NC(CCc2ccccc2)C(=O)NC2CC(C)N(C(Cc3ccccc3)C(=O)NC(CC(C)C)C(=O)C3(C)CO3)C2=O)cs1. The molecule has 55 heavy (non-hydrogen) atoms. The number of nitrogens with one attached hydrogen (secondary N) is 3. The Morgan fingerprint density at radius 3 is 2.25 bits per heavy atom. The van der Waals surface area contributed by atoms with Crippen molar-refractivity contribution in [2.45, 2.75) is 116 Å². The summed E-state index contributed by atoms with van der Waals surface area (Å²) in [6.45, 7) is 9.11. The van der Waals surface area contributed by atoms with E-state index in [0.717, 1.165) is 11.1 Å². The van der Waals surface area contributed by atoms with Crippen molar-refractivity contribution in [3.8, 4) is 0 Å². The zero-order valence-corrected chi connectivity index (χ0v) is 32.9. The fourth-order valence-electron chi connectivity index (χ4n) is 6.85. The molecule has 2 saturated heterocycles. The number of aromatic nitrogens is 1. The van der Waals surface area contributed by atoms with Crippen molar-refractivity contribution in [2.75, 3.05) is 6.61 Å². The first-order chi connectivity index (χ1) is 26.2. The molecule has 2 aliphatic heterocycles. The summed E-state index contributed by atoms with van der Waals surface area (Å²) in [6.07, 6.45) is 1.52. The Morgan fingerprint density at radius 1 is 0.982 bits per heavy atom. The van der Waals surface area contributed by atoms with Gasteiger partial charge in [0.15, 0.2) is 5.78 Å². The minimum absolute atomic E-state index is 0.00744. The molecule has 294 valence electrons. The van der Waals surface area contributed by atoms with Crippen LogP contribution in [0.3, 0.4) is 0 Å². The molecule has 3 N–H and O–H groups in total. The minimum atomic E-state index is -0.971. The second kappa shape index (κ2) is 18.6. The number of carbonyl (C=O) groups excluding carboxylic acids is 6. The highest BCUT2D eigenvalue weighted by Gasteiger charge is 2.51. The molecule has 2 aliphatic rings. The van der Waals surface area contributed by atoms with Crippen LogP contribution < -0.4 is 16.0 Å². The molecule has 0 aliphatic carbocycles. The number of aryl methyl sites for hydroxylation is 1. The van der Waals surface area contributed by atoms with Crippen LogP contribution in [0.5, 0.6) is 0 Å². The van der Waals surface area contributed by atoms with Gasteiger partial charge in [-0.2, -0.15) is 0 Å². The Kier molecular flexibility index (Phi) is 13.9. The fraction of sp³-hybridized carbons (Fsp3) is 0.488. The Labute approximate surface area is 325 Å². The van der Waals surface area contributed by atoms with Gasteiger partial charge in [-0.25, -0.2) is 4.98 Å². The highest BCUT2D eigenvalue weighted by atomic mass is 32.1. The number of nitrogens with zero attached hydrogens (tertiary/aromatic N) is 2. The number of rotatable bonds is 19. The molecule has 0 spiro atoms. The van der Waals surface area contributed by atoms with Crippen molar-refractivity contribution in [3.05, 3.63) is 87.9 Å². The Morgan fingerprint density at radius 2 is 1.64 bits per heavy atom. The minimum Gasteiger partial charge on any atom is -0.458 e. The summed E-state index contributed by atoms with van der Waals surface area (Å²) in [5.74, 6) is -2.34. The number of benzene rings is 2. The molecule has 0 bridgehead atoms. The van der Waals surface area contributed by atoms with Gasteiger partial charge in [-0.3, -0.25) is 28.8 Å². The molecule has 4 amide bonds. The van der Waals surface area contributed by atoms with Crippen molar-refractivity contribution >= 4 is 46.7 Å². The van der Waals surface area contributed by atoms with Crippen LogP contribution in [-0.2, 0) is 64.1 Å². The molecule has 13 nitrogen and oxygen atoms in total. The van der Waals surface area contributed by atoms with Crippen molar-refractivity contribution in [2.24, 2.45) is 5.92 Å². The maximum Gasteiger partial charge on any atom is 0.303 e. The van der Waals surface area contributed by atoms with Gasteiger partial charge in [-0.1, -0.05) is 74.5 Å². The van der Waals surface area contributed by atoms with E-state index in [1.165, 1.54) is 23.2 Å². The summed E-state index contributed by atoms with van der Waals surface area (Å²) in [7, 11) is 0. The van der Waals surface area contributed by atoms with Gasteiger partial charge in [0.1, 0.15) is 35.3 Å². The van der Waals surface area contributed by atoms with Crippen LogP contribution in [0.15, 0.2) is 66.0 Å². The lowest BCUT2D eigenvalue weighted by molar-refractivity contribution is -0.142. The van der Waals surface area contributed by atoms with Gasteiger partial charge >= 0.3 is 5.97 Å². The van der Waals surface area contributed by atoms with Crippen LogP contribution in [0.2, 0.25) is 0 Å². The van der Waals surface area contributed by atoms with E-state index in [0.29, 0.717) is 30.2 Å². The molecular formula is C41H51N5O8S. The van der Waals surface area contributed by atoms with Crippen molar-refractivity contribution < 1.29 is 38.2 Å². The summed E-state index contributed by atoms with van der Waals surface area (Å²) in [4.78, 5) is 86.2. The van der Waals surface area contributed by atoms with Crippen molar-refractivity contribution in [1.29, 1.82) is 0 Å². The monoisotopic (exact) mass is 773 g/mol. The first-order valence-corrected chi connectivity index (χ1v) is 19.7. The van der Waals surface area contributed by atoms with Gasteiger partial charge in [0.25, 0.3) is 0 Å². The topological polar surface area (TPSA) is 176 Å². The Balaban J connectivity index is 1.31. The fourth-order valence-corrected chi connectivity index (χ4v) is 7.55. The van der Waals surface area contributed by atoms with Crippen LogP contribution in [-0.4, -0.2) is 87.7 Å². The largest absolute Gasteiger partial charge is 0.458 e. The smallest absolute Gasteiger partial charge is 0.303 e. The van der Waals surface area contributed by atoms with E-state index in [1.807, 2.05) is 81.4 Å². The molecule has 5 rings (SSSR count). The number of ether oxygens (including phenoxy) is 2. The average molecular weight is 774 g/mol. The summed E-state index contributed by atoms with van der Waals surface area (Å²) >= 11 is 1.26. The standard InChI is InChI=1S/C41H51N5O8S/c1-25(2)18-32(37(49)41(5)24-54-41)44-39(51)34(20-29-14-10-7-11-15-29)46-26(3)19-33(40(46)52)45-38(50)31(17-16-28-12-8-6-9-13-28)43-35(48)21-30-23-55-36(42-30)22-53-27(4)47/h6-15,23,25-26,31-34H,16-22,24H2,1-5H3,(H,43,48)(H,44,51)(H,45,50). The van der Waals surface area contributed by atoms with E-state index in [4.69, 9.17) is 9.47 Å². The molecule has 0 radical (unpaired) electrons. The van der Waals surface area contributed by atoms with Gasteiger partial charge in [0, 0.05) is 24.8 Å². The summed E-state index contributed by atoms with van der Waals surface area (Å²) in [6, 6.07) is 14.8. The summed E-state index contributed by atoms with van der Waals surface area (Å²) in [5, 5.41) is 10.9. The quantitative estimate of drug-likeness (QED) is 0.122. The number of Topliss-reactive ketones (excluding diaryl/α,β-unsaturated/α-hetero) is 1. The van der Waals surface area contributed by atoms with E-state index in [9.17, 15) is 28.8 Å². The summed E-state index contributed by atoms with van der Waals surface area (Å²) < 4.78 is 10.4. The van der Waals surface area contributed by atoms with E-state index >= 15 is 0 Å². The molecule has 3 aromatic rings. The van der Waals surface area contributed by atoms with E-state index in [1.54, 1.807) is 12.3 Å². The van der Waals surface area contributed by atoms with Gasteiger partial charge < -0.3 is 30.3 Å². The third-order valence-corrected chi connectivity index (χ3v) is 10.7. The number of amides is 4. The normalized spacial score (nSPS) is 20.7. The highest BCUT2D eigenvalue weighted by Crippen LogP contribution is 2.30. The Bertz CT molecular complexity index is 1830. The molecule has 3 heterocycles. The number of thiazole rings is 1. The van der Waals surface area contributed by atoms with Crippen molar-refractivity contribution in [3.63, 3.8) is 0 Å². The average Bonchev–Trinajstić information content (AvgIpc) is 3.64. The molecule has 6 atom stereocenters. The van der Waals surface area contributed by atoms with Crippen LogP contribution >= 0.6 is 11.3 Å². The van der Waals surface area contributed by atoms with E-state index in [-0.39, 0.29) is 44.0 Å². The second-order valence-corrected chi connectivity index (χ2v) is 15.9. The number of hydrogen-bond donors (Lipinski definition) is 3. The van der Waals surface area contributed by atoms with Crippen LogP contribution in [0, 0.1) is 5.92 Å². The van der Waals surface area contributed by atoms with Gasteiger partial charge in [-0.15, -0.1) is 11.3 Å². The molecule has 2 fully saturated rings. The molecule has 1 aromatic heterocycles. The predicted molar refractivity (Wildman–Crippen MR) is 206 cm³/mol. The van der Waals surface area contributed by atoms with Crippen LogP contribution in [0.1, 0.15) is 75.7 Å². The first kappa shape index (κ1) is 41.2. The lowest BCUT2D eigenvalue weighted by Gasteiger charge is -2.33. The van der Waals surface area contributed by atoms with Gasteiger partial charge in [0.2, 0.25) is 23.6 Å². The first-order valence-electron chi connectivity index (χ1n) is 18.8. The number of esters is 1. The lowest BCUT2D eigenvalue weighted by atomic mass is 9.92. The molecule has 6 unspecified atom stereocenters. The highest BCUT2D eigenvalue weighted by molar-refractivity contribution is 7.09. The maximum absolute atomic E-state index is 14.2.